The Hall–Kier alpha value is -4.66. The maximum Gasteiger partial charge on any atom is 0.257 e. The van der Waals surface area contributed by atoms with Gasteiger partial charge in [0.05, 0.1) is 0 Å². The molecule has 0 bridgehead atoms. The van der Waals surface area contributed by atoms with Crippen molar-refractivity contribution in [2.75, 3.05) is 20.4 Å². The molecule has 0 saturated carbocycles. The zero-order valence-corrected chi connectivity index (χ0v) is 20.6. The van der Waals surface area contributed by atoms with Gasteiger partial charge in [0.25, 0.3) is 17.7 Å². The van der Waals surface area contributed by atoms with Crippen molar-refractivity contribution >= 4 is 11.8 Å². The maximum absolute atomic E-state index is 12.6. The smallest absolute Gasteiger partial charge is 0.257 e. The minimum absolute atomic E-state index is 0.0557. The summed E-state index contributed by atoms with van der Waals surface area (Å²) in [6.45, 7) is 2.99. The summed E-state index contributed by atoms with van der Waals surface area (Å²) >= 11 is 0. The number of rotatable bonds is 8. The predicted octanol–water partition coefficient (Wildman–Crippen LogP) is 4.02. The number of aromatic nitrogens is 2. The van der Waals surface area contributed by atoms with E-state index in [9.17, 15) is 9.59 Å². The van der Waals surface area contributed by atoms with E-state index in [4.69, 9.17) is 14.0 Å². The molecule has 1 N–H and O–H groups in total. The van der Waals surface area contributed by atoms with Crippen molar-refractivity contribution in [2.45, 2.75) is 19.9 Å². The van der Waals surface area contributed by atoms with E-state index in [0.717, 1.165) is 11.1 Å². The Bertz CT molecular complexity index is 1430. The highest BCUT2D eigenvalue weighted by Gasteiger charge is 2.16. The molecule has 5 rings (SSSR count). The van der Waals surface area contributed by atoms with Crippen LogP contribution in [0.3, 0.4) is 0 Å². The zero-order chi connectivity index (χ0) is 25.8. The first-order chi connectivity index (χ1) is 18.0. The van der Waals surface area contributed by atoms with Crippen LogP contribution in [-0.2, 0) is 13.0 Å². The lowest BCUT2D eigenvalue weighted by molar-refractivity contribution is 0.0795. The standard InChI is InChI=1S/C28H26N4O5/c1-18-4-3-5-22(14-18)28(34)32(2)13-12-25-30-27(37-31-25)21-9-7-20(8-10-21)26(33)29-16-19-6-11-23-24(15-19)36-17-35-23/h3-11,14-15H,12-13,16-17H2,1-2H3,(H,29,33). The van der Waals surface area contributed by atoms with Crippen LogP contribution in [0.25, 0.3) is 11.5 Å². The van der Waals surface area contributed by atoms with Gasteiger partial charge in [-0.2, -0.15) is 4.98 Å². The molecule has 1 aliphatic heterocycles. The third-order valence-electron chi connectivity index (χ3n) is 6.03. The van der Waals surface area contributed by atoms with Crippen molar-refractivity contribution in [3.8, 4) is 23.0 Å². The van der Waals surface area contributed by atoms with Crippen LogP contribution in [0.1, 0.15) is 37.7 Å². The van der Waals surface area contributed by atoms with E-state index in [1.165, 1.54) is 0 Å². The maximum atomic E-state index is 12.6. The number of amides is 2. The van der Waals surface area contributed by atoms with Gasteiger partial charge in [-0.25, -0.2) is 0 Å². The molecule has 0 fully saturated rings. The van der Waals surface area contributed by atoms with Gasteiger partial charge < -0.3 is 24.2 Å². The summed E-state index contributed by atoms with van der Waals surface area (Å²) in [6.07, 6.45) is 0.456. The number of nitrogens with zero attached hydrogens (tertiary/aromatic N) is 3. The number of carbonyl (C=O) groups excluding carboxylic acids is 2. The molecule has 2 amide bonds. The number of fused-ring (bicyclic) bond motifs is 1. The molecule has 0 radical (unpaired) electrons. The van der Waals surface area contributed by atoms with Crippen molar-refractivity contribution in [3.05, 3.63) is 94.8 Å². The molecule has 9 nitrogen and oxygen atoms in total. The highest BCUT2D eigenvalue weighted by atomic mass is 16.7. The van der Waals surface area contributed by atoms with Crippen molar-refractivity contribution in [3.63, 3.8) is 0 Å². The summed E-state index contributed by atoms with van der Waals surface area (Å²) in [4.78, 5) is 31.3. The monoisotopic (exact) mass is 498 g/mol. The van der Waals surface area contributed by atoms with E-state index in [1.807, 2.05) is 43.3 Å². The van der Waals surface area contributed by atoms with E-state index >= 15 is 0 Å². The first-order valence-electron chi connectivity index (χ1n) is 11.9. The topological polar surface area (TPSA) is 107 Å². The van der Waals surface area contributed by atoms with Gasteiger partial charge in [-0.15, -0.1) is 0 Å². The third kappa shape index (κ3) is 5.61. The number of benzene rings is 3. The number of aryl methyl sites for hydroxylation is 1. The second kappa shape index (κ2) is 10.5. The lowest BCUT2D eigenvalue weighted by Crippen LogP contribution is -2.29. The highest BCUT2D eigenvalue weighted by Crippen LogP contribution is 2.32. The summed E-state index contributed by atoms with van der Waals surface area (Å²) in [5, 5.41) is 6.94. The van der Waals surface area contributed by atoms with Crippen LogP contribution in [0.4, 0.5) is 0 Å². The molecule has 2 heterocycles. The summed E-state index contributed by atoms with van der Waals surface area (Å²) in [5.41, 5.74) is 3.82. The summed E-state index contributed by atoms with van der Waals surface area (Å²) in [5.74, 6) is 1.99. The molecular formula is C28H26N4O5. The van der Waals surface area contributed by atoms with Crippen molar-refractivity contribution in [1.29, 1.82) is 0 Å². The SMILES string of the molecule is Cc1cccc(C(=O)N(C)CCc2noc(-c3ccc(C(=O)NCc4ccc5c(c4)OCO5)cc3)n2)c1. The highest BCUT2D eigenvalue weighted by molar-refractivity contribution is 5.95. The van der Waals surface area contributed by atoms with Gasteiger partial charge in [-0.3, -0.25) is 9.59 Å². The Morgan fingerprint density at radius 3 is 2.59 bits per heavy atom. The first-order valence-corrected chi connectivity index (χ1v) is 11.9. The molecule has 3 aromatic carbocycles. The largest absolute Gasteiger partial charge is 0.454 e. The second-order valence-electron chi connectivity index (χ2n) is 8.81. The number of likely N-dealkylation sites (N-methyl/N-ethyl adjacent to an activating group) is 1. The van der Waals surface area contributed by atoms with Crippen molar-refractivity contribution in [2.24, 2.45) is 0 Å². The van der Waals surface area contributed by atoms with E-state index < -0.39 is 0 Å². The van der Waals surface area contributed by atoms with E-state index in [1.54, 1.807) is 42.3 Å². The second-order valence-corrected chi connectivity index (χ2v) is 8.81. The van der Waals surface area contributed by atoms with Gasteiger partial charge in [0.15, 0.2) is 17.3 Å². The zero-order valence-electron chi connectivity index (χ0n) is 20.6. The van der Waals surface area contributed by atoms with Crippen LogP contribution in [0.15, 0.2) is 71.3 Å². The first kappa shape index (κ1) is 24.1. The normalized spacial score (nSPS) is 11.8. The summed E-state index contributed by atoms with van der Waals surface area (Å²) < 4.78 is 16.1. The van der Waals surface area contributed by atoms with Crippen LogP contribution in [-0.4, -0.2) is 47.2 Å². The van der Waals surface area contributed by atoms with Gasteiger partial charge in [0.1, 0.15) is 0 Å². The fraction of sp³-hybridized carbons (Fsp3) is 0.214. The van der Waals surface area contributed by atoms with Crippen molar-refractivity contribution in [1.82, 2.24) is 20.4 Å². The Labute approximate surface area is 214 Å². The van der Waals surface area contributed by atoms with Crippen LogP contribution in [0, 0.1) is 6.92 Å². The Morgan fingerprint density at radius 1 is 0.973 bits per heavy atom. The van der Waals surface area contributed by atoms with E-state index in [2.05, 4.69) is 15.5 Å². The molecular weight excluding hydrogens is 472 g/mol. The number of hydrogen-bond acceptors (Lipinski definition) is 7. The number of ether oxygens (including phenoxy) is 2. The van der Waals surface area contributed by atoms with Crippen molar-refractivity contribution < 1.29 is 23.6 Å². The number of carbonyl (C=O) groups is 2. The third-order valence-corrected chi connectivity index (χ3v) is 6.03. The molecule has 0 atom stereocenters. The van der Waals surface area contributed by atoms with E-state index in [0.29, 0.717) is 59.4 Å². The fourth-order valence-electron chi connectivity index (χ4n) is 3.94. The quantitative estimate of drug-likeness (QED) is 0.391. The molecule has 0 saturated heterocycles. The molecule has 1 aliphatic rings. The predicted molar refractivity (Wildman–Crippen MR) is 135 cm³/mol. The number of nitrogens with one attached hydrogen (secondary N) is 1. The van der Waals surface area contributed by atoms with Gasteiger partial charge in [0, 0.05) is 43.2 Å². The van der Waals surface area contributed by atoms with E-state index in [-0.39, 0.29) is 18.6 Å². The fourth-order valence-corrected chi connectivity index (χ4v) is 3.94. The minimum Gasteiger partial charge on any atom is -0.454 e. The molecule has 1 aromatic heterocycles. The van der Waals surface area contributed by atoms with Crippen LogP contribution in [0.5, 0.6) is 11.5 Å². The minimum atomic E-state index is -0.197. The van der Waals surface area contributed by atoms with Crippen LogP contribution in [0.2, 0.25) is 0 Å². The van der Waals surface area contributed by atoms with Crippen LogP contribution < -0.4 is 14.8 Å². The molecule has 188 valence electrons. The van der Waals surface area contributed by atoms with Crippen LogP contribution >= 0.6 is 0 Å². The van der Waals surface area contributed by atoms with Gasteiger partial charge in [-0.05, 0) is 61.0 Å². The Morgan fingerprint density at radius 2 is 1.78 bits per heavy atom. The van der Waals surface area contributed by atoms with Gasteiger partial charge in [0.2, 0.25) is 6.79 Å². The Kier molecular flexibility index (Phi) is 6.85. The lowest BCUT2D eigenvalue weighted by atomic mass is 10.1. The number of hydrogen-bond donors (Lipinski definition) is 1. The Balaban J connectivity index is 1.14. The average Bonchev–Trinajstić information content (AvgIpc) is 3.59. The summed E-state index contributed by atoms with van der Waals surface area (Å²) in [7, 11) is 1.75. The van der Waals surface area contributed by atoms with Gasteiger partial charge >= 0.3 is 0 Å². The summed E-state index contributed by atoms with van der Waals surface area (Å²) in [6, 6.07) is 20.0. The molecule has 9 heteroatoms. The average molecular weight is 499 g/mol. The molecule has 4 aromatic rings. The molecule has 0 spiro atoms. The molecule has 0 unspecified atom stereocenters. The van der Waals surface area contributed by atoms with Gasteiger partial charge in [-0.1, -0.05) is 28.9 Å². The molecule has 37 heavy (non-hydrogen) atoms. The molecule has 0 aliphatic carbocycles. The lowest BCUT2D eigenvalue weighted by Gasteiger charge is -2.16.